The Morgan fingerprint density at radius 1 is 1.47 bits per heavy atom. The molecule has 0 spiro atoms. The number of rotatable bonds is 3. The molecular weight excluding hydrogens is 281 g/mol. The zero-order valence-electron chi connectivity index (χ0n) is 8.99. The predicted octanol–water partition coefficient (Wildman–Crippen LogP) is 2.91. The van der Waals surface area contributed by atoms with Crippen LogP contribution in [0.2, 0.25) is 10.0 Å². The van der Waals surface area contributed by atoms with Crippen molar-refractivity contribution in [3.8, 4) is 5.75 Å². The van der Waals surface area contributed by atoms with E-state index in [-0.39, 0.29) is 12.5 Å². The Kier molecular flexibility index (Phi) is 4.42. The number of halogens is 2. The van der Waals surface area contributed by atoms with Crippen LogP contribution in [0.4, 0.5) is 0 Å². The van der Waals surface area contributed by atoms with Gasteiger partial charge in [0.2, 0.25) is 0 Å². The fourth-order valence-electron chi connectivity index (χ4n) is 1.43. The molecule has 1 fully saturated rings. The van der Waals surface area contributed by atoms with Gasteiger partial charge in [0.25, 0.3) is 5.91 Å². The number of ether oxygens (including phenoxy) is 1. The van der Waals surface area contributed by atoms with Gasteiger partial charge in [-0.2, -0.15) is 0 Å². The van der Waals surface area contributed by atoms with Crippen LogP contribution in [0, 0.1) is 0 Å². The number of amides is 1. The lowest BCUT2D eigenvalue weighted by atomic mass is 10.3. The van der Waals surface area contributed by atoms with Crippen molar-refractivity contribution in [2.45, 2.75) is 0 Å². The molecule has 17 heavy (non-hydrogen) atoms. The smallest absolute Gasteiger partial charge is 0.261 e. The highest BCUT2D eigenvalue weighted by Gasteiger charge is 2.18. The van der Waals surface area contributed by atoms with Crippen LogP contribution in [0.15, 0.2) is 18.2 Å². The molecule has 1 aromatic rings. The first-order valence-electron chi connectivity index (χ1n) is 5.10. The first-order valence-corrected chi connectivity index (χ1v) is 7.01. The molecule has 0 radical (unpaired) electrons. The molecule has 1 aliphatic heterocycles. The molecule has 1 saturated heterocycles. The van der Waals surface area contributed by atoms with Crippen LogP contribution in [-0.4, -0.2) is 35.6 Å². The van der Waals surface area contributed by atoms with E-state index in [0.29, 0.717) is 15.8 Å². The third kappa shape index (κ3) is 3.44. The summed E-state index contributed by atoms with van der Waals surface area (Å²) in [6, 6.07) is 4.93. The normalized spacial score (nSPS) is 15.1. The molecule has 0 saturated carbocycles. The van der Waals surface area contributed by atoms with Crippen molar-refractivity contribution in [2.75, 3.05) is 24.8 Å². The van der Waals surface area contributed by atoms with Crippen molar-refractivity contribution in [1.29, 1.82) is 0 Å². The largest absolute Gasteiger partial charge is 0.482 e. The number of benzene rings is 1. The maximum Gasteiger partial charge on any atom is 0.261 e. The number of thioether (sulfide) groups is 1. The fourth-order valence-corrected chi connectivity index (χ4v) is 2.87. The Balaban J connectivity index is 1.90. The van der Waals surface area contributed by atoms with E-state index in [1.165, 1.54) is 0 Å². The third-order valence-corrected chi connectivity index (χ3v) is 3.85. The van der Waals surface area contributed by atoms with Gasteiger partial charge in [0.1, 0.15) is 5.75 Å². The molecule has 0 aromatic heterocycles. The zero-order chi connectivity index (χ0) is 12.3. The van der Waals surface area contributed by atoms with E-state index in [4.69, 9.17) is 27.9 Å². The summed E-state index contributed by atoms with van der Waals surface area (Å²) in [6.45, 7) is 0.809. The Labute approximate surface area is 114 Å². The zero-order valence-corrected chi connectivity index (χ0v) is 11.3. The maximum absolute atomic E-state index is 11.7. The van der Waals surface area contributed by atoms with E-state index in [1.807, 2.05) is 0 Å². The minimum Gasteiger partial charge on any atom is -0.482 e. The Morgan fingerprint density at radius 2 is 2.29 bits per heavy atom. The van der Waals surface area contributed by atoms with Crippen molar-refractivity contribution in [3.05, 3.63) is 28.2 Å². The van der Waals surface area contributed by atoms with Crippen LogP contribution in [0.1, 0.15) is 0 Å². The molecule has 1 aromatic carbocycles. The van der Waals surface area contributed by atoms with Crippen molar-refractivity contribution in [3.63, 3.8) is 0 Å². The Hall–Kier alpha value is -0.580. The topological polar surface area (TPSA) is 29.5 Å². The fraction of sp³-hybridized carbons (Fsp3) is 0.364. The average molecular weight is 292 g/mol. The standard InChI is InChI=1S/C11H11Cl2NO2S/c12-8-1-2-10(9(13)5-8)16-6-11(15)14-3-4-17-7-14/h1-2,5H,3-4,6-7H2. The first-order chi connectivity index (χ1) is 8.16. The van der Waals surface area contributed by atoms with Crippen LogP contribution >= 0.6 is 35.0 Å². The van der Waals surface area contributed by atoms with Crippen molar-refractivity contribution in [2.24, 2.45) is 0 Å². The highest BCUT2D eigenvalue weighted by atomic mass is 35.5. The molecular formula is C11H11Cl2NO2S. The highest BCUT2D eigenvalue weighted by molar-refractivity contribution is 7.99. The molecule has 1 heterocycles. The summed E-state index contributed by atoms with van der Waals surface area (Å²) in [7, 11) is 0. The molecule has 92 valence electrons. The SMILES string of the molecule is O=C(COc1ccc(Cl)cc1Cl)N1CCSC1. The second-order valence-electron chi connectivity index (χ2n) is 3.56. The van der Waals surface area contributed by atoms with Gasteiger partial charge in [-0.1, -0.05) is 23.2 Å². The summed E-state index contributed by atoms with van der Waals surface area (Å²) in [5.41, 5.74) is 0. The second-order valence-corrected chi connectivity index (χ2v) is 5.48. The number of carbonyl (C=O) groups excluding carboxylic acids is 1. The summed E-state index contributed by atoms with van der Waals surface area (Å²) in [4.78, 5) is 13.5. The van der Waals surface area contributed by atoms with E-state index in [2.05, 4.69) is 0 Å². The molecule has 0 bridgehead atoms. The van der Waals surface area contributed by atoms with E-state index >= 15 is 0 Å². The molecule has 3 nitrogen and oxygen atoms in total. The molecule has 0 aliphatic carbocycles. The van der Waals surface area contributed by atoms with Crippen LogP contribution in [0.25, 0.3) is 0 Å². The van der Waals surface area contributed by atoms with Crippen molar-refractivity contribution < 1.29 is 9.53 Å². The van der Waals surface area contributed by atoms with Crippen molar-refractivity contribution in [1.82, 2.24) is 4.90 Å². The van der Waals surface area contributed by atoms with Gasteiger partial charge in [-0.25, -0.2) is 0 Å². The van der Waals surface area contributed by atoms with Gasteiger partial charge in [0, 0.05) is 17.3 Å². The second kappa shape index (κ2) is 5.85. The lowest BCUT2D eigenvalue weighted by molar-refractivity contribution is -0.131. The molecule has 6 heteroatoms. The molecule has 1 aliphatic rings. The number of nitrogens with zero attached hydrogens (tertiary/aromatic N) is 1. The van der Waals surface area contributed by atoms with E-state index in [0.717, 1.165) is 18.2 Å². The summed E-state index contributed by atoms with van der Waals surface area (Å²) >= 11 is 13.4. The first kappa shape index (κ1) is 12.9. The van der Waals surface area contributed by atoms with Gasteiger partial charge in [0.15, 0.2) is 6.61 Å². The van der Waals surface area contributed by atoms with E-state index in [9.17, 15) is 4.79 Å². The summed E-state index contributed by atoms with van der Waals surface area (Å²) in [6.07, 6.45) is 0. The summed E-state index contributed by atoms with van der Waals surface area (Å²) in [5.74, 6) is 2.21. The van der Waals surface area contributed by atoms with Gasteiger partial charge in [-0.15, -0.1) is 11.8 Å². The third-order valence-electron chi connectivity index (χ3n) is 2.35. The monoisotopic (exact) mass is 291 g/mol. The van der Waals surface area contributed by atoms with Gasteiger partial charge in [-0.3, -0.25) is 4.79 Å². The van der Waals surface area contributed by atoms with E-state index < -0.39 is 0 Å². The van der Waals surface area contributed by atoms with Gasteiger partial charge >= 0.3 is 0 Å². The average Bonchev–Trinajstić information content (AvgIpc) is 2.81. The summed E-state index contributed by atoms with van der Waals surface area (Å²) in [5, 5.41) is 0.964. The van der Waals surface area contributed by atoms with Crippen molar-refractivity contribution >= 4 is 40.9 Å². The predicted molar refractivity (Wildman–Crippen MR) is 71.0 cm³/mol. The summed E-state index contributed by atoms with van der Waals surface area (Å²) < 4.78 is 5.37. The Morgan fingerprint density at radius 3 is 2.94 bits per heavy atom. The van der Waals surface area contributed by atoms with Gasteiger partial charge in [0.05, 0.1) is 10.9 Å². The quantitative estimate of drug-likeness (QED) is 0.858. The van der Waals surface area contributed by atoms with Crippen LogP contribution in [-0.2, 0) is 4.79 Å². The Bertz CT molecular complexity index is 422. The lowest BCUT2D eigenvalue weighted by Crippen LogP contribution is -2.32. The van der Waals surface area contributed by atoms with Crippen LogP contribution in [0.3, 0.4) is 0 Å². The molecule has 0 unspecified atom stereocenters. The molecule has 2 rings (SSSR count). The number of hydrogen-bond donors (Lipinski definition) is 0. The van der Waals surface area contributed by atoms with Gasteiger partial charge in [-0.05, 0) is 18.2 Å². The van der Waals surface area contributed by atoms with Gasteiger partial charge < -0.3 is 9.64 Å². The molecule has 0 atom stereocenters. The molecule has 1 amide bonds. The molecule has 0 N–H and O–H groups in total. The van der Waals surface area contributed by atoms with Crippen LogP contribution in [0.5, 0.6) is 5.75 Å². The minimum absolute atomic E-state index is 0.0129. The van der Waals surface area contributed by atoms with Crippen LogP contribution < -0.4 is 4.74 Å². The number of carbonyl (C=O) groups is 1. The minimum atomic E-state index is -0.0129. The maximum atomic E-state index is 11.7. The van der Waals surface area contributed by atoms with E-state index in [1.54, 1.807) is 34.9 Å². The number of hydrogen-bond acceptors (Lipinski definition) is 3. The highest BCUT2D eigenvalue weighted by Crippen LogP contribution is 2.27. The lowest BCUT2D eigenvalue weighted by Gasteiger charge is -2.15.